The molecule has 1 aromatic carbocycles. The van der Waals surface area contributed by atoms with Gasteiger partial charge in [0.15, 0.2) is 6.61 Å². The van der Waals surface area contributed by atoms with E-state index in [1.165, 1.54) is 0 Å². The molecule has 1 heterocycles. The molecule has 0 radical (unpaired) electrons. The zero-order valence-corrected chi connectivity index (χ0v) is 16.0. The van der Waals surface area contributed by atoms with Crippen molar-refractivity contribution in [3.8, 4) is 6.07 Å². The fourth-order valence-corrected chi connectivity index (χ4v) is 2.90. The highest BCUT2D eigenvalue weighted by Gasteiger charge is 2.24. The standard InChI is InChI=1S/C20H25N3O5/c1-2-27-20(26)23-11-9-17(10-12-23)22-18(24)14-28-19(25)8-7-15-3-5-16(13-21)6-4-15/h3-6,17H,2,7-12,14H2,1H3,(H,22,24). The van der Waals surface area contributed by atoms with Gasteiger partial charge in [-0.1, -0.05) is 12.1 Å². The molecule has 1 saturated heterocycles. The van der Waals surface area contributed by atoms with Crippen LogP contribution in [0.4, 0.5) is 4.79 Å². The number of aryl methyl sites for hydroxylation is 1. The molecule has 2 amide bonds. The predicted molar refractivity (Wildman–Crippen MR) is 100 cm³/mol. The number of nitriles is 1. The molecule has 0 atom stereocenters. The molecule has 150 valence electrons. The number of amides is 2. The smallest absolute Gasteiger partial charge is 0.409 e. The van der Waals surface area contributed by atoms with Crippen molar-refractivity contribution in [1.29, 1.82) is 5.26 Å². The maximum atomic E-state index is 12.0. The number of nitrogens with zero attached hydrogens (tertiary/aromatic N) is 2. The molecule has 8 nitrogen and oxygen atoms in total. The molecule has 1 aliphatic heterocycles. The van der Waals surface area contributed by atoms with Crippen molar-refractivity contribution < 1.29 is 23.9 Å². The van der Waals surface area contributed by atoms with Crippen LogP contribution >= 0.6 is 0 Å². The Morgan fingerprint density at radius 1 is 1.18 bits per heavy atom. The van der Waals surface area contributed by atoms with Gasteiger partial charge in [-0.2, -0.15) is 5.26 Å². The second-order valence-corrected chi connectivity index (χ2v) is 6.50. The van der Waals surface area contributed by atoms with Gasteiger partial charge < -0.3 is 19.7 Å². The molecule has 1 fully saturated rings. The van der Waals surface area contributed by atoms with Gasteiger partial charge in [0.2, 0.25) is 0 Å². The van der Waals surface area contributed by atoms with Crippen LogP contribution in [-0.2, 0) is 25.5 Å². The molecule has 0 unspecified atom stereocenters. The topological polar surface area (TPSA) is 109 Å². The number of benzene rings is 1. The van der Waals surface area contributed by atoms with Crippen LogP contribution in [0, 0.1) is 11.3 Å². The molecule has 0 aliphatic carbocycles. The Hall–Kier alpha value is -3.08. The number of ether oxygens (including phenoxy) is 2. The summed E-state index contributed by atoms with van der Waals surface area (Å²) in [5.74, 6) is -0.794. The van der Waals surface area contributed by atoms with Gasteiger partial charge in [0, 0.05) is 25.6 Å². The van der Waals surface area contributed by atoms with Gasteiger partial charge in [-0.25, -0.2) is 4.79 Å². The summed E-state index contributed by atoms with van der Waals surface area (Å²) in [7, 11) is 0. The van der Waals surface area contributed by atoms with Gasteiger partial charge in [0.25, 0.3) is 5.91 Å². The van der Waals surface area contributed by atoms with E-state index >= 15 is 0 Å². The van der Waals surface area contributed by atoms with Crippen molar-refractivity contribution in [3.05, 3.63) is 35.4 Å². The van der Waals surface area contributed by atoms with E-state index in [4.69, 9.17) is 14.7 Å². The number of esters is 1. The van der Waals surface area contributed by atoms with E-state index in [-0.39, 0.29) is 31.1 Å². The van der Waals surface area contributed by atoms with E-state index in [1.54, 1.807) is 36.1 Å². The second kappa shape index (κ2) is 10.9. The fourth-order valence-electron chi connectivity index (χ4n) is 2.90. The Labute approximate surface area is 164 Å². The molecular formula is C20H25N3O5. The van der Waals surface area contributed by atoms with E-state index in [2.05, 4.69) is 5.32 Å². The highest BCUT2D eigenvalue weighted by molar-refractivity contribution is 5.80. The van der Waals surface area contributed by atoms with E-state index in [1.807, 2.05) is 6.07 Å². The largest absolute Gasteiger partial charge is 0.456 e. The quantitative estimate of drug-likeness (QED) is 0.714. The average Bonchev–Trinajstić information content (AvgIpc) is 2.71. The van der Waals surface area contributed by atoms with Gasteiger partial charge in [0.1, 0.15) is 0 Å². The Bertz CT molecular complexity index is 718. The number of rotatable bonds is 7. The van der Waals surface area contributed by atoms with Crippen LogP contribution < -0.4 is 5.32 Å². The first-order valence-corrected chi connectivity index (χ1v) is 9.37. The number of nitrogens with one attached hydrogen (secondary N) is 1. The van der Waals surface area contributed by atoms with Crippen LogP contribution in [-0.4, -0.2) is 55.2 Å². The number of hydrogen-bond acceptors (Lipinski definition) is 6. The lowest BCUT2D eigenvalue weighted by atomic mass is 10.1. The lowest BCUT2D eigenvalue weighted by Gasteiger charge is -2.31. The minimum atomic E-state index is -0.448. The van der Waals surface area contributed by atoms with Crippen LogP contribution in [0.3, 0.4) is 0 Å². The highest BCUT2D eigenvalue weighted by atomic mass is 16.6. The molecule has 8 heteroatoms. The Balaban J connectivity index is 1.62. The number of carbonyl (C=O) groups excluding carboxylic acids is 3. The SMILES string of the molecule is CCOC(=O)N1CCC(NC(=O)COC(=O)CCc2ccc(C#N)cc2)CC1. The lowest BCUT2D eigenvalue weighted by Crippen LogP contribution is -2.47. The Morgan fingerprint density at radius 3 is 2.46 bits per heavy atom. The maximum Gasteiger partial charge on any atom is 0.409 e. The maximum absolute atomic E-state index is 12.0. The third-order valence-corrected chi connectivity index (χ3v) is 4.45. The van der Waals surface area contributed by atoms with Crippen LogP contribution in [0.1, 0.15) is 37.3 Å². The summed E-state index contributed by atoms with van der Waals surface area (Å²) in [6.07, 6.45) is 1.59. The molecule has 0 bridgehead atoms. The van der Waals surface area contributed by atoms with Crippen LogP contribution in [0.15, 0.2) is 24.3 Å². The lowest BCUT2D eigenvalue weighted by molar-refractivity contribution is -0.148. The first-order chi connectivity index (χ1) is 13.5. The molecular weight excluding hydrogens is 362 g/mol. The van der Waals surface area contributed by atoms with Crippen molar-refractivity contribution in [1.82, 2.24) is 10.2 Å². The summed E-state index contributed by atoms with van der Waals surface area (Å²) in [4.78, 5) is 37.0. The van der Waals surface area contributed by atoms with Crippen molar-refractivity contribution >= 4 is 18.0 Å². The summed E-state index contributed by atoms with van der Waals surface area (Å²) in [6.45, 7) is 2.83. The van der Waals surface area contributed by atoms with Gasteiger partial charge in [0.05, 0.1) is 18.2 Å². The molecule has 28 heavy (non-hydrogen) atoms. The molecule has 0 spiro atoms. The van der Waals surface area contributed by atoms with Gasteiger partial charge >= 0.3 is 12.1 Å². The third-order valence-electron chi connectivity index (χ3n) is 4.45. The minimum absolute atomic E-state index is 0.0458. The Kier molecular flexibility index (Phi) is 8.28. The second-order valence-electron chi connectivity index (χ2n) is 6.50. The number of likely N-dealkylation sites (tertiary alicyclic amines) is 1. The van der Waals surface area contributed by atoms with Crippen molar-refractivity contribution in [2.75, 3.05) is 26.3 Å². The molecule has 0 saturated carbocycles. The van der Waals surface area contributed by atoms with Crippen LogP contribution in [0.5, 0.6) is 0 Å². The highest BCUT2D eigenvalue weighted by Crippen LogP contribution is 2.11. The normalized spacial score (nSPS) is 14.1. The zero-order valence-electron chi connectivity index (χ0n) is 16.0. The first kappa shape index (κ1) is 21.2. The minimum Gasteiger partial charge on any atom is -0.456 e. The number of hydrogen-bond donors (Lipinski definition) is 1. The monoisotopic (exact) mass is 387 g/mol. The van der Waals surface area contributed by atoms with Crippen molar-refractivity contribution in [2.45, 2.75) is 38.6 Å². The van der Waals surface area contributed by atoms with E-state index < -0.39 is 5.97 Å². The fraction of sp³-hybridized carbons (Fsp3) is 0.500. The van der Waals surface area contributed by atoms with Crippen LogP contribution in [0.25, 0.3) is 0 Å². The van der Waals surface area contributed by atoms with Crippen molar-refractivity contribution in [3.63, 3.8) is 0 Å². The first-order valence-electron chi connectivity index (χ1n) is 9.37. The van der Waals surface area contributed by atoms with E-state index in [0.29, 0.717) is 44.5 Å². The summed E-state index contributed by atoms with van der Waals surface area (Å²) >= 11 is 0. The predicted octanol–water partition coefficient (Wildman–Crippen LogP) is 1.77. The van der Waals surface area contributed by atoms with Gasteiger partial charge in [-0.05, 0) is 43.9 Å². The molecule has 1 aliphatic rings. The average molecular weight is 387 g/mol. The van der Waals surface area contributed by atoms with Gasteiger partial charge in [-0.15, -0.1) is 0 Å². The number of carbonyl (C=O) groups is 3. The molecule has 1 aromatic rings. The summed E-state index contributed by atoms with van der Waals surface area (Å²) in [6, 6.07) is 8.97. The van der Waals surface area contributed by atoms with Crippen LogP contribution in [0.2, 0.25) is 0 Å². The van der Waals surface area contributed by atoms with E-state index in [9.17, 15) is 14.4 Å². The molecule has 2 rings (SSSR count). The zero-order chi connectivity index (χ0) is 20.4. The third kappa shape index (κ3) is 6.91. The summed E-state index contributed by atoms with van der Waals surface area (Å²) < 4.78 is 9.97. The van der Waals surface area contributed by atoms with Crippen molar-refractivity contribution in [2.24, 2.45) is 0 Å². The summed E-state index contributed by atoms with van der Waals surface area (Å²) in [5.41, 5.74) is 1.49. The van der Waals surface area contributed by atoms with Gasteiger partial charge in [-0.3, -0.25) is 9.59 Å². The van der Waals surface area contributed by atoms with E-state index in [0.717, 1.165) is 5.56 Å². The molecule has 1 N–H and O–H groups in total. The summed E-state index contributed by atoms with van der Waals surface area (Å²) in [5, 5.41) is 11.6. The number of piperidine rings is 1. The molecule has 0 aromatic heterocycles. The Morgan fingerprint density at radius 2 is 1.86 bits per heavy atom.